The smallest absolute Gasteiger partial charge is 0.305 e. The Hall–Kier alpha value is -3.78. The molecule has 260 valence electrons. The van der Waals surface area contributed by atoms with Crippen LogP contribution in [0.25, 0.3) is 0 Å². The highest BCUT2D eigenvalue weighted by Crippen LogP contribution is 2.60. The van der Waals surface area contributed by atoms with Crippen molar-refractivity contribution >= 4 is 43.4 Å². The zero-order chi connectivity index (χ0) is 34.8. The molecule has 12 nitrogen and oxygen atoms in total. The Morgan fingerprint density at radius 3 is 2.48 bits per heavy atom. The van der Waals surface area contributed by atoms with Gasteiger partial charge in [0, 0.05) is 47.8 Å². The molecule has 0 bridgehead atoms. The minimum Gasteiger partial charge on any atom is -0.497 e. The van der Waals surface area contributed by atoms with Gasteiger partial charge in [0.15, 0.2) is 13.9 Å². The minimum absolute atomic E-state index is 0.0279. The number of aliphatic hydroxyl groups is 1. The van der Waals surface area contributed by atoms with Crippen LogP contribution in [0.1, 0.15) is 61.4 Å². The number of benzene rings is 2. The summed E-state index contributed by atoms with van der Waals surface area (Å²) in [6, 6.07) is 11.7. The van der Waals surface area contributed by atoms with E-state index < -0.39 is 31.5 Å². The number of methoxy groups -OCH3 is 2. The maximum Gasteiger partial charge on any atom is 0.305 e. The number of carbonyl (C=O) groups is 4. The predicted octanol–water partition coefficient (Wildman–Crippen LogP) is 3.81. The van der Waals surface area contributed by atoms with E-state index in [-0.39, 0.29) is 49.2 Å². The number of anilines is 2. The van der Waals surface area contributed by atoms with Gasteiger partial charge in [-0.15, -0.1) is 0 Å². The van der Waals surface area contributed by atoms with Crippen molar-refractivity contribution < 1.29 is 43.3 Å². The molecule has 2 saturated heterocycles. The molecule has 1 spiro atoms. The van der Waals surface area contributed by atoms with Crippen LogP contribution >= 0.6 is 0 Å². The van der Waals surface area contributed by atoms with Crippen molar-refractivity contribution in [1.82, 2.24) is 4.90 Å². The van der Waals surface area contributed by atoms with Gasteiger partial charge in [-0.3, -0.25) is 19.2 Å². The third-order valence-electron chi connectivity index (χ3n) is 10.1. The van der Waals surface area contributed by atoms with Crippen LogP contribution < -0.4 is 15.0 Å². The summed E-state index contributed by atoms with van der Waals surface area (Å²) < 4.78 is 16.8. The molecule has 48 heavy (non-hydrogen) atoms. The molecule has 2 aromatic carbocycles. The highest BCUT2D eigenvalue weighted by atomic mass is 28.4. The van der Waals surface area contributed by atoms with Gasteiger partial charge >= 0.3 is 5.97 Å². The van der Waals surface area contributed by atoms with E-state index in [2.05, 4.69) is 5.32 Å². The lowest BCUT2D eigenvalue weighted by molar-refractivity contribution is -0.150. The first kappa shape index (κ1) is 35.5. The molecule has 0 aromatic heterocycles. The molecule has 3 heterocycles. The van der Waals surface area contributed by atoms with E-state index in [1.807, 2.05) is 6.92 Å². The lowest BCUT2D eigenvalue weighted by atomic mass is 9.82. The van der Waals surface area contributed by atoms with Crippen LogP contribution in [0.2, 0.25) is 18.6 Å². The molecule has 2 aromatic rings. The molecule has 3 aliphatic rings. The van der Waals surface area contributed by atoms with Crippen molar-refractivity contribution in [2.75, 3.05) is 44.1 Å². The average molecular weight is 682 g/mol. The average Bonchev–Trinajstić information content (AvgIpc) is 3.72. The van der Waals surface area contributed by atoms with Crippen LogP contribution in [0, 0.1) is 5.92 Å². The van der Waals surface area contributed by atoms with Gasteiger partial charge < -0.3 is 39.2 Å². The van der Waals surface area contributed by atoms with E-state index in [0.717, 1.165) is 12.8 Å². The second kappa shape index (κ2) is 14.4. The van der Waals surface area contributed by atoms with Gasteiger partial charge in [-0.1, -0.05) is 6.92 Å². The second-order valence-electron chi connectivity index (χ2n) is 13.5. The van der Waals surface area contributed by atoms with E-state index in [1.165, 1.54) is 7.11 Å². The molecule has 2 fully saturated rings. The van der Waals surface area contributed by atoms with Crippen molar-refractivity contribution in [2.45, 2.75) is 81.8 Å². The van der Waals surface area contributed by atoms with Gasteiger partial charge in [-0.25, -0.2) is 0 Å². The Labute approximate surface area is 282 Å². The second-order valence-corrected chi connectivity index (χ2v) is 17.5. The summed E-state index contributed by atoms with van der Waals surface area (Å²) in [5.74, 6) is -1.02. The Balaban J connectivity index is 1.50. The summed E-state index contributed by atoms with van der Waals surface area (Å²) in [5, 5.41) is 12.8. The zero-order valence-corrected chi connectivity index (χ0v) is 29.4. The molecule has 3 N–H and O–H groups in total. The van der Waals surface area contributed by atoms with Gasteiger partial charge in [-0.05, 0) is 81.2 Å². The number of aliphatic hydroxyl groups excluding tert-OH is 1. The molecule has 3 aliphatic heterocycles. The normalized spacial score (nSPS) is 25.0. The van der Waals surface area contributed by atoms with Crippen LogP contribution in [0.5, 0.6) is 5.75 Å². The molecule has 0 saturated carbocycles. The van der Waals surface area contributed by atoms with E-state index in [9.17, 15) is 29.1 Å². The van der Waals surface area contributed by atoms with Crippen molar-refractivity contribution in [3.8, 4) is 5.75 Å². The highest BCUT2D eigenvalue weighted by molar-refractivity contribution is 6.71. The Kier molecular flexibility index (Phi) is 10.6. The summed E-state index contributed by atoms with van der Waals surface area (Å²) in [6.45, 7) is 6.24. The van der Waals surface area contributed by atoms with E-state index >= 15 is 0 Å². The molecular weight excluding hydrogens is 634 g/mol. The number of ether oxygens (including phenoxy) is 3. The highest BCUT2D eigenvalue weighted by Gasteiger charge is 2.66. The summed E-state index contributed by atoms with van der Waals surface area (Å²) in [4.78, 5) is 68.2. The third-order valence-corrected chi connectivity index (χ3v) is 12.6. The van der Waals surface area contributed by atoms with Crippen molar-refractivity contribution in [1.29, 1.82) is 0 Å². The Bertz CT molecular complexity index is 1530. The van der Waals surface area contributed by atoms with Crippen LogP contribution in [-0.4, -0.2) is 92.9 Å². The van der Waals surface area contributed by atoms with Crippen molar-refractivity contribution in [3.05, 3.63) is 53.6 Å². The molecule has 13 heteroatoms. The maximum atomic E-state index is 14.7. The zero-order valence-electron chi connectivity index (χ0n) is 28.4. The largest absolute Gasteiger partial charge is 0.497 e. The summed E-state index contributed by atoms with van der Waals surface area (Å²) in [7, 11) is -0.144. The number of rotatable bonds is 12. The fourth-order valence-electron chi connectivity index (χ4n) is 7.81. The van der Waals surface area contributed by atoms with Gasteiger partial charge in [0.2, 0.25) is 5.91 Å². The van der Waals surface area contributed by atoms with E-state index in [1.54, 1.807) is 72.5 Å². The van der Waals surface area contributed by atoms with Crippen LogP contribution in [0.4, 0.5) is 11.4 Å². The maximum absolute atomic E-state index is 14.7. The van der Waals surface area contributed by atoms with E-state index in [0.29, 0.717) is 54.2 Å². The monoisotopic (exact) mass is 681 g/mol. The number of hydrogen-bond acceptors (Lipinski definition) is 9. The first-order valence-electron chi connectivity index (χ1n) is 16.6. The Morgan fingerprint density at radius 1 is 1.10 bits per heavy atom. The molecule has 5 rings (SSSR count). The number of fused-ring (bicyclic) bond motifs is 2. The van der Waals surface area contributed by atoms with Crippen LogP contribution in [-0.2, 0) is 29.5 Å². The number of nitrogens with zero attached hydrogens (tertiary/aromatic N) is 2. The first-order valence-corrected chi connectivity index (χ1v) is 19.7. The molecule has 5 atom stereocenters. The number of nitrogens with one attached hydrogen (secondary N) is 1. The first-order chi connectivity index (χ1) is 22.8. The number of carbonyl (C=O) groups excluding carboxylic acids is 4. The number of hydrogen-bond donors (Lipinski definition) is 3. The topological polar surface area (TPSA) is 155 Å². The van der Waals surface area contributed by atoms with Gasteiger partial charge in [0.05, 0.1) is 45.1 Å². The predicted molar refractivity (Wildman–Crippen MR) is 181 cm³/mol. The summed E-state index contributed by atoms with van der Waals surface area (Å²) in [5.41, 5.74) is 0.0931. The number of likely N-dealkylation sites (tertiary alicyclic amines) is 1. The van der Waals surface area contributed by atoms with Crippen LogP contribution in [0.15, 0.2) is 42.5 Å². The molecule has 3 amide bonds. The molecule has 0 radical (unpaired) electrons. The lowest BCUT2D eigenvalue weighted by Crippen LogP contribution is -2.46. The molecular formula is C35H47N3O9Si. The fourth-order valence-corrected chi connectivity index (χ4v) is 10.4. The van der Waals surface area contributed by atoms with Gasteiger partial charge in [0.1, 0.15) is 5.75 Å². The number of amides is 3. The summed E-state index contributed by atoms with van der Waals surface area (Å²) in [6.07, 6.45) is 2.02. The van der Waals surface area contributed by atoms with E-state index in [4.69, 9.17) is 14.2 Å². The number of unbranched alkanes of at least 4 members (excludes halogenated alkanes) is 1. The fraction of sp³-hybridized carbons (Fsp3) is 0.543. The SMILES string of the molecule is COC(=O)CCCCN1C(=O)[C@@]2(O[C@@H](CC(=O)N3CCC[C@H]3CO)[C@H]([Si](C)(C)O)[C@H]2C)c2cc(NC(=O)c3ccc(OC)cc3)ccc21. The van der Waals surface area contributed by atoms with Crippen LogP contribution in [0.3, 0.4) is 0 Å². The van der Waals surface area contributed by atoms with Crippen molar-refractivity contribution in [3.63, 3.8) is 0 Å². The third kappa shape index (κ3) is 6.73. The quantitative estimate of drug-likeness (QED) is 0.172. The van der Waals surface area contributed by atoms with Gasteiger partial charge in [0.25, 0.3) is 11.8 Å². The van der Waals surface area contributed by atoms with Crippen molar-refractivity contribution in [2.24, 2.45) is 5.92 Å². The standard InChI is InChI=1S/C35H47N3O9Si/c1-22-32(48(4,5)44)29(20-30(40)37-18-8-9-25(37)21-39)47-35(22)27-19-24(36-33(42)23-11-14-26(45-2)15-12-23)13-16-28(27)38(34(35)43)17-7-6-10-31(41)46-3/h11-16,19,22,25,29,32,39,44H,6-10,17-18,20-21H2,1-5H3,(H,36,42)/t22-,25+,29+,32-,35+/m1/s1. The van der Waals surface area contributed by atoms with Gasteiger partial charge in [-0.2, -0.15) is 0 Å². The Morgan fingerprint density at radius 2 is 1.83 bits per heavy atom. The molecule has 0 unspecified atom stereocenters. The number of esters is 1. The minimum atomic E-state index is -3.04. The lowest BCUT2D eigenvalue weighted by Gasteiger charge is -2.33. The molecule has 0 aliphatic carbocycles. The summed E-state index contributed by atoms with van der Waals surface area (Å²) >= 11 is 0.